The van der Waals surface area contributed by atoms with E-state index in [2.05, 4.69) is 5.32 Å². The largest absolute Gasteiger partial charge is 0.396 e. The van der Waals surface area contributed by atoms with Crippen LogP contribution >= 0.6 is 0 Å². The third kappa shape index (κ3) is 8.01. The Labute approximate surface area is 85.6 Å². The highest BCUT2D eigenvalue weighted by Crippen LogP contribution is 1.91. The van der Waals surface area contributed by atoms with Gasteiger partial charge in [0, 0.05) is 25.7 Å². The molecule has 4 heteroatoms. The van der Waals surface area contributed by atoms with Crippen molar-refractivity contribution in [3.63, 3.8) is 0 Å². The fourth-order valence-corrected chi connectivity index (χ4v) is 1.02. The lowest BCUT2D eigenvalue weighted by atomic mass is 10.2. The summed E-state index contributed by atoms with van der Waals surface area (Å²) in [6.45, 7) is 5.20. The lowest BCUT2D eigenvalue weighted by Gasteiger charge is -2.12. The van der Waals surface area contributed by atoms with Crippen molar-refractivity contribution in [3.8, 4) is 0 Å². The smallest absolute Gasteiger partial charge is 0.222 e. The van der Waals surface area contributed by atoms with Crippen molar-refractivity contribution < 1.29 is 14.6 Å². The molecule has 0 fully saturated rings. The van der Waals surface area contributed by atoms with Gasteiger partial charge in [-0.1, -0.05) is 6.92 Å². The number of rotatable bonds is 8. The first-order chi connectivity index (χ1) is 6.70. The van der Waals surface area contributed by atoms with Crippen LogP contribution in [0.25, 0.3) is 0 Å². The van der Waals surface area contributed by atoms with E-state index in [0.29, 0.717) is 26.1 Å². The third-order valence-electron chi connectivity index (χ3n) is 1.79. The van der Waals surface area contributed by atoms with Crippen molar-refractivity contribution in [1.29, 1.82) is 0 Å². The molecule has 0 aromatic carbocycles. The maximum atomic E-state index is 11.2. The molecule has 0 aliphatic carbocycles. The van der Waals surface area contributed by atoms with Crippen LogP contribution in [0.15, 0.2) is 0 Å². The van der Waals surface area contributed by atoms with Gasteiger partial charge in [-0.2, -0.15) is 0 Å². The van der Waals surface area contributed by atoms with Gasteiger partial charge in [0.1, 0.15) is 0 Å². The summed E-state index contributed by atoms with van der Waals surface area (Å²) < 4.78 is 5.18. The molecule has 0 radical (unpaired) electrons. The van der Waals surface area contributed by atoms with E-state index in [4.69, 9.17) is 9.84 Å². The molecule has 84 valence electrons. The molecule has 1 unspecified atom stereocenters. The zero-order chi connectivity index (χ0) is 10.8. The first kappa shape index (κ1) is 13.4. The summed E-state index contributed by atoms with van der Waals surface area (Å²) in [5.74, 6) is -0.0120. The van der Waals surface area contributed by atoms with Crippen LogP contribution in [0, 0.1) is 0 Å². The number of aliphatic hydroxyl groups excluding tert-OH is 1. The van der Waals surface area contributed by atoms with Gasteiger partial charge in [-0.3, -0.25) is 4.79 Å². The number of amides is 1. The van der Waals surface area contributed by atoms with Crippen LogP contribution in [-0.2, 0) is 9.53 Å². The van der Waals surface area contributed by atoms with E-state index < -0.39 is 0 Å². The Hall–Kier alpha value is -0.610. The molecule has 1 amide bonds. The summed E-state index contributed by atoms with van der Waals surface area (Å²) in [6, 6.07) is 0.0404. The van der Waals surface area contributed by atoms with Crippen molar-refractivity contribution >= 4 is 5.91 Å². The average Bonchev–Trinajstić information content (AvgIpc) is 2.13. The van der Waals surface area contributed by atoms with Gasteiger partial charge in [0.25, 0.3) is 0 Å². The summed E-state index contributed by atoms with van der Waals surface area (Å²) in [5.41, 5.74) is 0. The van der Waals surface area contributed by atoms with Crippen LogP contribution in [0.3, 0.4) is 0 Å². The Morgan fingerprint density at radius 2 is 2.21 bits per heavy atom. The molecule has 0 aliphatic rings. The number of ether oxygens (including phenoxy) is 1. The van der Waals surface area contributed by atoms with Gasteiger partial charge < -0.3 is 15.2 Å². The number of hydrogen-bond acceptors (Lipinski definition) is 3. The molecule has 0 spiro atoms. The topological polar surface area (TPSA) is 58.6 Å². The van der Waals surface area contributed by atoms with Crippen LogP contribution in [0.1, 0.15) is 33.1 Å². The molecule has 0 saturated heterocycles. The van der Waals surface area contributed by atoms with E-state index in [9.17, 15) is 4.79 Å². The number of carbonyl (C=O) groups is 1. The quantitative estimate of drug-likeness (QED) is 0.571. The molecule has 0 heterocycles. The minimum absolute atomic E-state index is 0.0120. The monoisotopic (exact) mass is 203 g/mol. The molecule has 0 aromatic heterocycles. The van der Waals surface area contributed by atoms with Gasteiger partial charge in [0.2, 0.25) is 5.91 Å². The van der Waals surface area contributed by atoms with Crippen molar-refractivity contribution in [1.82, 2.24) is 5.32 Å². The van der Waals surface area contributed by atoms with Gasteiger partial charge in [-0.15, -0.1) is 0 Å². The zero-order valence-corrected chi connectivity index (χ0v) is 9.08. The maximum Gasteiger partial charge on any atom is 0.222 e. The number of hydrogen-bond donors (Lipinski definition) is 2. The number of carbonyl (C=O) groups excluding carboxylic acids is 1. The van der Waals surface area contributed by atoms with Crippen molar-refractivity contribution in [2.75, 3.05) is 19.8 Å². The molecular weight excluding hydrogens is 182 g/mol. The van der Waals surface area contributed by atoms with Gasteiger partial charge in [-0.25, -0.2) is 0 Å². The molecule has 0 aliphatic heterocycles. The molecule has 0 saturated carbocycles. The Kier molecular flexibility index (Phi) is 8.57. The van der Waals surface area contributed by atoms with Gasteiger partial charge in [0.05, 0.1) is 6.61 Å². The van der Waals surface area contributed by atoms with Crippen molar-refractivity contribution in [2.45, 2.75) is 39.2 Å². The second-order valence-corrected chi connectivity index (χ2v) is 3.34. The minimum atomic E-state index is -0.0120. The van der Waals surface area contributed by atoms with Crippen molar-refractivity contribution in [2.24, 2.45) is 0 Å². The Bertz CT molecular complexity index is 150. The molecule has 0 bridgehead atoms. The summed E-state index contributed by atoms with van der Waals surface area (Å²) in [6.07, 6.45) is 1.97. The Balaban J connectivity index is 3.35. The average molecular weight is 203 g/mol. The zero-order valence-electron chi connectivity index (χ0n) is 9.08. The lowest BCUT2D eigenvalue weighted by molar-refractivity contribution is -0.122. The first-order valence-electron chi connectivity index (χ1n) is 5.18. The van der Waals surface area contributed by atoms with E-state index in [-0.39, 0.29) is 18.6 Å². The standard InChI is InChI=1S/C10H21NO3/c1-3-7-14-8-5-10(13)11-9(2)4-6-12/h9,12H,3-8H2,1-2H3,(H,11,13). The first-order valence-corrected chi connectivity index (χ1v) is 5.18. The summed E-state index contributed by atoms with van der Waals surface area (Å²) in [4.78, 5) is 11.2. The minimum Gasteiger partial charge on any atom is -0.396 e. The molecule has 4 nitrogen and oxygen atoms in total. The predicted molar refractivity (Wildman–Crippen MR) is 55.0 cm³/mol. The second-order valence-electron chi connectivity index (χ2n) is 3.34. The van der Waals surface area contributed by atoms with Crippen LogP contribution in [0.2, 0.25) is 0 Å². The van der Waals surface area contributed by atoms with Crippen LogP contribution in [0.5, 0.6) is 0 Å². The fourth-order valence-electron chi connectivity index (χ4n) is 1.02. The predicted octanol–water partition coefficient (Wildman–Crippen LogP) is 0.690. The molecule has 0 rings (SSSR count). The van der Waals surface area contributed by atoms with Gasteiger partial charge in [-0.05, 0) is 19.8 Å². The Morgan fingerprint density at radius 3 is 2.79 bits per heavy atom. The number of nitrogens with one attached hydrogen (secondary N) is 1. The molecular formula is C10H21NO3. The second kappa shape index (κ2) is 8.97. The lowest BCUT2D eigenvalue weighted by Crippen LogP contribution is -2.33. The highest BCUT2D eigenvalue weighted by Gasteiger charge is 2.05. The van der Waals surface area contributed by atoms with Crippen LogP contribution < -0.4 is 5.32 Å². The highest BCUT2D eigenvalue weighted by atomic mass is 16.5. The fraction of sp³-hybridized carbons (Fsp3) is 0.900. The summed E-state index contributed by atoms with van der Waals surface area (Å²) >= 11 is 0. The highest BCUT2D eigenvalue weighted by molar-refractivity contribution is 5.76. The van der Waals surface area contributed by atoms with Crippen LogP contribution in [0.4, 0.5) is 0 Å². The number of aliphatic hydroxyl groups is 1. The van der Waals surface area contributed by atoms with E-state index in [1.807, 2.05) is 13.8 Å². The Morgan fingerprint density at radius 1 is 1.50 bits per heavy atom. The van der Waals surface area contributed by atoms with E-state index in [1.54, 1.807) is 0 Å². The molecule has 2 N–H and O–H groups in total. The maximum absolute atomic E-state index is 11.2. The van der Waals surface area contributed by atoms with E-state index in [1.165, 1.54) is 0 Å². The third-order valence-corrected chi connectivity index (χ3v) is 1.79. The summed E-state index contributed by atoms with van der Waals surface area (Å²) in [7, 11) is 0. The summed E-state index contributed by atoms with van der Waals surface area (Å²) in [5, 5.41) is 11.4. The molecule has 1 atom stereocenters. The van der Waals surface area contributed by atoms with E-state index >= 15 is 0 Å². The van der Waals surface area contributed by atoms with Gasteiger partial charge in [0.15, 0.2) is 0 Å². The molecule has 14 heavy (non-hydrogen) atoms. The molecule has 0 aromatic rings. The van der Waals surface area contributed by atoms with Gasteiger partial charge >= 0.3 is 0 Å². The van der Waals surface area contributed by atoms with E-state index in [0.717, 1.165) is 6.42 Å². The van der Waals surface area contributed by atoms with Crippen molar-refractivity contribution in [3.05, 3.63) is 0 Å². The van der Waals surface area contributed by atoms with Crippen LogP contribution in [-0.4, -0.2) is 36.9 Å². The SMILES string of the molecule is CCCOCCC(=O)NC(C)CCO. The normalized spacial score (nSPS) is 12.5.